The standard InChI is InChI=1S/C27H30FN3O4S/c1-19-6-8-21(9-7-19)29-27(33)30(13-14-34-2)17-26(32)31-12-10-25-23(11-15-36-25)24(31)18-35-22-5-3-4-20(28)16-22/h3-9,11,15-16,24H,10,12-14,17-18H2,1-2H3,(H,29,33)/t24-/m0/s1. The molecule has 0 spiro atoms. The van der Waals surface area contributed by atoms with E-state index in [4.69, 9.17) is 9.47 Å². The van der Waals surface area contributed by atoms with Crippen LogP contribution in [0.1, 0.15) is 22.0 Å². The van der Waals surface area contributed by atoms with E-state index in [1.807, 2.05) is 42.6 Å². The minimum absolute atomic E-state index is 0.100. The zero-order valence-electron chi connectivity index (χ0n) is 20.4. The van der Waals surface area contributed by atoms with Crippen LogP contribution in [-0.2, 0) is 16.0 Å². The maximum atomic E-state index is 13.6. The number of aryl methyl sites for hydroxylation is 1. The topological polar surface area (TPSA) is 71.1 Å². The normalized spacial score (nSPS) is 14.8. The van der Waals surface area contributed by atoms with Gasteiger partial charge < -0.3 is 24.6 Å². The number of urea groups is 1. The molecule has 0 saturated carbocycles. The van der Waals surface area contributed by atoms with E-state index >= 15 is 0 Å². The third-order valence-corrected chi connectivity index (χ3v) is 7.10. The van der Waals surface area contributed by atoms with E-state index in [0.717, 1.165) is 17.5 Å². The largest absolute Gasteiger partial charge is 0.491 e. The molecule has 7 nitrogen and oxygen atoms in total. The zero-order valence-corrected chi connectivity index (χ0v) is 21.2. The van der Waals surface area contributed by atoms with Gasteiger partial charge in [0.05, 0.1) is 12.6 Å². The number of benzene rings is 2. The first kappa shape index (κ1) is 25.7. The lowest BCUT2D eigenvalue weighted by Crippen LogP contribution is -2.49. The van der Waals surface area contributed by atoms with Gasteiger partial charge in [-0.2, -0.15) is 0 Å². The summed E-state index contributed by atoms with van der Waals surface area (Å²) in [6, 6.07) is 14.7. The molecule has 36 heavy (non-hydrogen) atoms. The average Bonchev–Trinajstić information content (AvgIpc) is 3.35. The number of nitrogens with zero attached hydrogens (tertiary/aromatic N) is 2. The summed E-state index contributed by atoms with van der Waals surface area (Å²) in [6.45, 7) is 3.14. The number of rotatable bonds is 9. The molecule has 1 aromatic heterocycles. The van der Waals surface area contributed by atoms with E-state index in [2.05, 4.69) is 5.32 Å². The van der Waals surface area contributed by atoms with Gasteiger partial charge in [0, 0.05) is 36.8 Å². The Morgan fingerprint density at radius 3 is 2.75 bits per heavy atom. The maximum absolute atomic E-state index is 13.6. The smallest absolute Gasteiger partial charge is 0.322 e. The van der Waals surface area contributed by atoms with Crippen molar-refractivity contribution in [2.24, 2.45) is 0 Å². The van der Waals surface area contributed by atoms with Crippen molar-refractivity contribution in [1.29, 1.82) is 0 Å². The molecule has 0 aliphatic carbocycles. The molecule has 0 bridgehead atoms. The first-order valence-electron chi connectivity index (χ1n) is 11.8. The van der Waals surface area contributed by atoms with Crippen LogP contribution in [0.2, 0.25) is 0 Å². The van der Waals surface area contributed by atoms with Crippen molar-refractivity contribution in [3.8, 4) is 5.75 Å². The number of fused-ring (bicyclic) bond motifs is 1. The van der Waals surface area contributed by atoms with Crippen molar-refractivity contribution in [3.05, 3.63) is 81.8 Å². The molecule has 190 valence electrons. The molecule has 1 N–H and O–H groups in total. The Hall–Kier alpha value is -3.43. The van der Waals surface area contributed by atoms with Crippen LogP contribution in [0.5, 0.6) is 5.75 Å². The fourth-order valence-electron chi connectivity index (χ4n) is 4.15. The van der Waals surface area contributed by atoms with Crippen LogP contribution in [0.25, 0.3) is 0 Å². The Bertz CT molecular complexity index is 1180. The van der Waals surface area contributed by atoms with E-state index in [-0.39, 0.29) is 43.5 Å². The van der Waals surface area contributed by atoms with Crippen LogP contribution in [0.15, 0.2) is 60.0 Å². The van der Waals surface area contributed by atoms with Crippen molar-refractivity contribution in [1.82, 2.24) is 9.80 Å². The Morgan fingerprint density at radius 1 is 1.19 bits per heavy atom. The lowest BCUT2D eigenvalue weighted by Gasteiger charge is -2.37. The predicted molar refractivity (Wildman–Crippen MR) is 138 cm³/mol. The summed E-state index contributed by atoms with van der Waals surface area (Å²) >= 11 is 1.65. The molecule has 1 aliphatic heterocycles. The number of thiophene rings is 1. The van der Waals surface area contributed by atoms with Crippen LogP contribution in [-0.4, -0.2) is 61.7 Å². The van der Waals surface area contributed by atoms with Crippen molar-refractivity contribution in [2.45, 2.75) is 19.4 Å². The Morgan fingerprint density at radius 2 is 2.00 bits per heavy atom. The summed E-state index contributed by atoms with van der Waals surface area (Å²) in [4.78, 5) is 31.0. The zero-order chi connectivity index (χ0) is 25.5. The van der Waals surface area contributed by atoms with Crippen LogP contribution < -0.4 is 10.1 Å². The van der Waals surface area contributed by atoms with Gasteiger partial charge in [-0.05, 0) is 54.6 Å². The van der Waals surface area contributed by atoms with E-state index < -0.39 is 0 Å². The number of amides is 3. The van der Waals surface area contributed by atoms with Gasteiger partial charge >= 0.3 is 6.03 Å². The lowest BCUT2D eigenvalue weighted by atomic mass is 10.0. The molecule has 3 aromatic rings. The first-order valence-corrected chi connectivity index (χ1v) is 12.7. The average molecular weight is 512 g/mol. The lowest BCUT2D eigenvalue weighted by molar-refractivity contribution is -0.135. The SMILES string of the molecule is COCCN(CC(=O)N1CCc2sccc2[C@@H]1COc1cccc(F)c1)C(=O)Nc1ccc(C)cc1. The number of halogens is 1. The number of hydrogen-bond donors (Lipinski definition) is 1. The van der Waals surface area contributed by atoms with Gasteiger partial charge in [0.2, 0.25) is 5.91 Å². The molecule has 1 atom stereocenters. The number of anilines is 1. The molecule has 0 radical (unpaired) electrons. The molecule has 4 rings (SSSR count). The number of carbonyl (C=O) groups is 2. The second-order valence-electron chi connectivity index (χ2n) is 8.63. The molecule has 3 amide bonds. The third kappa shape index (κ3) is 6.41. The monoisotopic (exact) mass is 511 g/mol. The van der Waals surface area contributed by atoms with Crippen molar-refractivity contribution < 1.29 is 23.5 Å². The molecule has 0 fully saturated rings. The van der Waals surface area contributed by atoms with Crippen LogP contribution in [0.3, 0.4) is 0 Å². The molecular weight excluding hydrogens is 481 g/mol. The van der Waals surface area contributed by atoms with E-state index in [9.17, 15) is 14.0 Å². The molecule has 2 heterocycles. The van der Waals surface area contributed by atoms with Gasteiger partial charge in [-0.15, -0.1) is 11.3 Å². The number of nitrogens with one attached hydrogen (secondary N) is 1. The van der Waals surface area contributed by atoms with Crippen molar-refractivity contribution in [3.63, 3.8) is 0 Å². The Balaban J connectivity index is 1.48. The maximum Gasteiger partial charge on any atom is 0.322 e. The van der Waals surface area contributed by atoms with Crippen molar-refractivity contribution >= 4 is 29.0 Å². The number of carbonyl (C=O) groups excluding carboxylic acids is 2. The third-order valence-electron chi connectivity index (χ3n) is 6.10. The van der Waals surface area contributed by atoms with Crippen LogP contribution in [0.4, 0.5) is 14.9 Å². The number of hydrogen-bond acceptors (Lipinski definition) is 5. The summed E-state index contributed by atoms with van der Waals surface area (Å²) < 4.78 is 24.7. The summed E-state index contributed by atoms with van der Waals surface area (Å²) in [5.41, 5.74) is 2.77. The van der Waals surface area contributed by atoms with Crippen molar-refractivity contribution in [2.75, 3.05) is 45.3 Å². The highest BCUT2D eigenvalue weighted by atomic mass is 32.1. The summed E-state index contributed by atoms with van der Waals surface area (Å²) in [7, 11) is 1.56. The highest BCUT2D eigenvalue weighted by Crippen LogP contribution is 2.34. The second-order valence-corrected chi connectivity index (χ2v) is 9.63. The predicted octanol–water partition coefficient (Wildman–Crippen LogP) is 4.88. The second kappa shape index (κ2) is 12.0. The molecule has 9 heteroatoms. The van der Waals surface area contributed by atoms with Crippen LogP contribution in [0, 0.1) is 12.7 Å². The fraction of sp³-hybridized carbons (Fsp3) is 0.333. The minimum atomic E-state index is -0.381. The molecule has 0 unspecified atom stereocenters. The molecular formula is C27H30FN3O4S. The van der Waals surface area contributed by atoms with Gasteiger partial charge in [0.15, 0.2) is 0 Å². The summed E-state index contributed by atoms with van der Waals surface area (Å²) in [5, 5.41) is 4.87. The van der Waals surface area contributed by atoms with Gasteiger partial charge in [-0.25, -0.2) is 9.18 Å². The number of methoxy groups -OCH3 is 1. The van der Waals surface area contributed by atoms with E-state index in [1.165, 1.54) is 21.9 Å². The highest BCUT2D eigenvalue weighted by Gasteiger charge is 2.33. The minimum Gasteiger partial charge on any atom is -0.491 e. The van der Waals surface area contributed by atoms with Crippen LogP contribution >= 0.6 is 11.3 Å². The summed E-state index contributed by atoms with van der Waals surface area (Å²) in [5.74, 6) is -0.160. The quantitative estimate of drug-likeness (QED) is 0.445. The fourth-order valence-corrected chi connectivity index (χ4v) is 5.08. The molecule has 1 aliphatic rings. The molecule has 0 saturated heterocycles. The van der Waals surface area contributed by atoms with E-state index in [0.29, 0.717) is 24.6 Å². The molecule has 2 aromatic carbocycles. The van der Waals surface area contributed by atoms with Gasteiger partial charge in [0.1, 0.15) is 24.7 Å². The summed E-state index contributed by atoms with van der Waals surface area (Å²) in [6.07, 6.45) is 0.739. The highest BCUT2D eigenvalue weighted by molar-refractivity contribution is 7.10. The van der Waals surface area contributed by atoms with Gasteiger partial charge in [-0.3, -0.25) is 4.79 Å². The first-order chi connectivity index (χ1) is 17.4. The van der Waals surface area contributed by atoms with Gasteiger partial charge in [-0.1, -0.05) is 23.8 Å². The Labute approximate surface area is 214 Å². The van der Waals surface area contributed by atoms with E-state index in [1.54, 1.807) is 35.5 Å². The Kier molecular flexibility index (Phi) is 8.56. The number of ether oxygens (including phenoxy) is 2. The van der Waals surface area contributed by atoms with Gasteiger partial charge in [0.25, 0.3) is 0 Å².